The number of nitrogens with zero attached hydrogens (tertiary/aromatic N) is 1. The molecule has 0 aliphatic carbocycles. The first kappa shape index (κ1) is 12.8. The summed E-state index contributed by atoms with van der Waals surface area (Å²) in [6.07, 6.45) is 1.71. The Morgan fingerprint density at radius 3 is 3.11 bits per heavy atom. The summed E-state index contributed by atoms with van der Waals surface area (Å²) in [5.41, 5.74) is 0. The quantitative estimate of drug-likeness (QED) is 0.836. The largest absolute Gasteiger partial charge is 0.384 e. The number of hydrogen-bond acceptors (Lipinski definition) is 5. The maximum atomic E-state index is 11.8. The monoisotopic (exact) mass is 278 g/mol. The number of amides is 1. The van der Waals surface area contributed by atoms with Crippen LogP contribution in [0.25, 0.3) is 0 Å². The predicted molar refractivity (Wildman–Crippen MR) is 71.6 cm³/mol. The minimum atomic E-state index is -0.177. The number of carbonyl (C=O) groups excluding carboxylic acids is 1. The Labute approximate surface area is 112 Å². The van der Waals surface area contributed by atoms with E-state index in [0.29, 0.717) is 11.4 Å². The van der Waals surface area contributed by atoms with Crippen LogP contribution in [0.4, 0.5) is 0 Å². The second-order valence-electron chi connectivity index (χ2n) is 3.23. The molecule has 0 unspecified atom stereocenters. The third-order valence-electron chi connectivity index (χ3n) is 2.00. The highest BCUT2D eigenvalue weighted by Gasteiger charge is 2.08. The van der Waals surface area contributed by atoms with Crippen LogP contribution in [-0.2, 0) is 6.54 Å². The van der Waals surface area contributed by atoms with E-state index in [2.05, 4.69) is 22.1 Å². The maximum absolute atomic E-state index is 11.8. The van der Waals surface area contributed by atoms with Crippen molar-refractivity contribution in [3.8, 4) is 11.8 Å². The van der Waals surface area contributed by atoms with E-state index in [1.807, 2.05) is 5.38 Å². The number of aliphatic hydroxyl groups excluding tert-OH is 1. The Bertz CT molecular complexity index is 579. The SMILES string of the molecule is O=C(NCc1nccs1)c1ccc(C#CCO)s1. The molecule has 0 saturated heterocycles. The lowest BCUT2D eigenvalue weighted by atomic mass is 10.4. The molecule has 2 aromatic heterocycles. The van der Waals surface area contributed by atoms with E-state index in [9.17, 15) is 4.79 Å². The van der Waals surface area contributed by atoms with Gasteiger partial charge in [0.25, 0.3) is 5.91 Å². The van der Waals surface area contributed by atoms with Gasteiger partial charge in [-0.2, -0.15) is 0 Å². The van der Waals surface area contributed by atoms with Crippen LogP contribution in [0.5, 0.6) is 0 Å². The van der Waals surface area contributed by atoms with Crippen molar-refractivity contribution in [2.24, 2.45) is 0 Å². The molecular formula is C12H10N2O2S2. The zero-order valence-electron chi connectivity index (χ0n) is 9.34. The summed E-state index contributed by atoms with van der Waals surface area (Å²) in [6.45, 7) is 0.259. The van der Waals surface area contributed by atoms with Crippen LogP contribution < -0.4 is 5.32 Å². The van der Waals surface area contributed by atoms with E-state index in [-0.39, 0.29) is 12.5 Å². The Hall–Kier alpha value is -1.68. The van der Waals surface area contributed by atoms with Gasteiger partial charge in [0.15, 0.2) is 0 Å². The van der Waals surface area contributed by atoms with Crippen molar-refractivity contribution in [2.45, 2.75) is 6.54 Å². The summed E-state index contributed by atoms with van der Waals surface area (Å²) < 4.78 is 0. The predicted octanol–water partition coefficient (Wildman–Crippen LogP) is 1.48. The zero-order chi connectivity index (χ0) is 12.8. The summed E-state index contributed by atoms with van der Waals surface area (Å²) >= 11 is 2.81. The standard InChI is InChI=1S/C12H10N2O2S2/c15-6-1-2-9-3-4-10(18-9)12(16)14-8-11-13-5-7-17-11/h3-5,7,15H,6,8H2,(H,14,16). The summed E-state index contributed by atoms with van der Waals surface area (Å²) in [6, 6.07) is 3.49. The third-order valence-corrected chi connectivity index (χ3v) is 3.78. The van der Waals surface area contributed by atoms with Crippen molar-refractivity contribution in [2.75, 3.05) is 6.61 Å². The van der Waals surface area contributed by atoms with Crippen LogP contribution in [0.1, 0.15) is 19.6 Å². The number of carbonyl (C=O) groups is 1. The van der Waals surface area contributed by atoms with Crippen LogP contribution >= 0.6 is 22.7 Å². The van der Waals surface area contributed by atoms with Gasteiger partial charge in [0.2, 0.25) is 0 Å². The summed E-state index contributed by atoms with van der Waals surface area (Å²) in [5, 5.41) is 14.1. The topological polar surface area (TPSA) is 62.2 Å². The molecule has 0 aliphatic rings. The molecule has 92 valence electrons. The van der Waals surface area contributed by atoms with Crippen molar-refractivity contribution in [1.82, 2.24) is 10.3 Å². The smallest absolute Gasteiger partial charge is 0.261 e. The van der Waals surface area contributed by atoms with Crippen molar-refractivity contribution >= 4 is 28.6 Å². The molecule has 0 saturated carbocycles. The lowest BCUT2D eigenvalue weighted by molar-refractivity contribution is 0.0955. The average molecular weight is 278 g/mol. The van der Waals surface area contributed by atoms with Gasteiger partial charge in [-0.25, -0.2) is 4.98 Å². The van der Waals surface area contributed by atoms with Crippen LogP contribution in [0, 0.1) is 11.8 Å². The van der Waals surface area contributed by atoms with Gasteiger partial charge in [0.1, 0.15) is 11.6 Å². The van der Waals surface area contributed by atoms with Crippen LogP contribution in [-0.4, -0.2) is 22.6 Å². The number of rotatable bonds is 3. The molecule has 1 amide bonds. The van der Waals surface area contributed by atoms with Gasteiger partial charge < -0.3 is 10.4 Å². The Morgan fingerprint density at radius 2 is 2.39 bits per heavy atom. The van der Waals surface area contributed by atoms with Crippen LogP contribution in [0.3, 0.4) is 0 Å². The fourth-order valence-electron chi connectivity index (χ4n) is 1.24. The van der Waals surface area contributed by atoms with Crippen molar-refractivity contribution in [3.05, 3.63) is 38.5 Å². The summed E-state index contributed by atoms with van der Waals surface area (Å²) in [4.78, 5) is 17.3. The highest BCUT2D eigenvalue weighted by molar-refractivity contribution is 7.14. The lowest BCUT2D eigenvalue weighted by Gasteiger charge is -1.99. The molecule has 2 heterocycles. The van der Waals surface area contributed by atoms with E-state index in [1.54, 1.807) is 18.3 Å². The summed E-state index contributed by atoms with van der Waals surface area (Å²) in [5.74, 6) is 5.18. The first-order valence-corrected chi connectivity index (χ1v) is 6.85. The molecule has 0 fully saturated rings. The number of aliphatic hydroxyl groups is 1. The minimum absolute atomic E-state index is 0.132. The molecule has 0 bridgehead atoms. The Balaban J connectivity index is 1.94. The number of hydrogen-bond donors (Lipinski definition) is 2. The van der Waals surface area contributed by atoms with Gasteiger partial charge in [-0.3, -0.25) is 4.79 Å². The number of aromatic nitrogens is 1. The molecule has 18 heavy (non-hydrogen) atoms. The molecule has 0 aliphatic heterocycles. The average Bonchev–Trinajstić information content (AvgIpc) is 3.04. The molecular weight excluding hydrogens is 268 g/mol. The fraction of sp³-hybridized carbons (Fsp3) is 0.167. The zero-order valence-corrected chi connectivity index (χ0v) is 11.0. The van der Waals surface area contributed by atoms with E-state index in [4.69, 9.17) is 5.11 Å². The molecule has 6 heteroatoms. The minimum Gasteiger partial charge on any atom is -0.384 e. The second kappa shape index (κ2) is 6.31. The number of thiazole rings is 1. The van der Waals surface area contributed by atoms with E-state index in [1.165, 1.54) is 22.7 Å². The van der Waals surface area contributed by atoms with Gasteiger partial charge in [-0.15, -0.1) is 22.7 Å². The van der Waals surface area contributed by atoms with E-state index in [0.717, 1.165) is 9.88 Å². The number of thiophene rings is 1. The first-order valence-electron chi connectivity index (χ1n) is 5.15. The lowest BCUT2D eigenvalue weighted by Crippen LogP contribution is -2.21. The molecule has 0 radical (unpaired) electrons. The third kappa shape index (κ3) is 3.40. The molecule has 4 nitrogen and oxygen atoms in total. The first-order chi connectivity index (χ1) is 8.79. The normalized spacial score (nSPS) is 9.61. The molecule has 0 atom stereocenters. The Morgan fingerprint density at radius 1 is 1.50 bits per heavy atom. The van der Waals surface area contributed by atoms with Crippen molar-refractivity contribution < 1.29 is 9.90 Å². The molecule has 0 aromatic carbocycles. The molecule has 2 N–H and O–H groups in total. The molecule has 0 spiro atoms. The Kier molecular flexibility index (Phi) is 4.47. The molecule has 2 rings (SSSR count). The maximum Gasteiger partial charge on any atom is 0.261 e. The van der Waals surface area contributed by atoms with Crippen LogP contribution in [0.15, 0.2) is 23.7 Å². The van der Waals surface area contributed by atoms with E-state index < -0.39 is 0 Å². The highest BCUT2D eigenvalue weighted by atomic mass is 32.1. The summed E-state index contributed by atoms with van der Waals surface area (Å²) in [7, 11) is 0. The van der Waals surface area contributed by atoms with Gasteiger partial charge in [0.05, 0.1) is 16.3 Å². The molecule has 2 aromatic rings. The highest BCUT2D eigenvalue weighted by Crippen LogP contribution is 2.15. The fourth-order valence-corrected chi connectivity index (χ4v) is 2.59. The number of nitrogens with one attached hydrogen (secondary N) is 1. The van der Waals surface area contributed by atoms with Crippen molar-refractivity contribution in [3.63, 3.8) is 0 Å². The second-order valence-corrected chi connectivity index (χ2v) is 5.30. The van der Waals surface area contributed by atoms with Crippen LogP contribution in [0.2, 0.25) is 0 Å². The van der Waals surface area contributed by atoms with Crippen molar-refractivity contribution in [1.29, 1.82) is 0 Å². The van der Waals surface area contributed by atoms with Gasteiger partial charge in [-0.05, 0) is 12.1 Å². The van der Waals surface area contributed by atoms with Gasteiger partial charge >= 0.3 is 0 Å². The van der Waals surface area contributed by atoms with Gasteiger partial charge in [-0.1, -0.05) is 11.8 Å². The van der Waals surface area contributed by atoms with E-state index >= 15 is 0 Å². The van der Waals surface area contributed by atoms with Gasteiger partial charge in [0, 0.05) is 11.6 Å².